The molecule has 4 heteroatoms. The van der Waals surface area contributed by atoms with Crippen molar-refractivity contribution in [3.8, 4) is 0 Å². The molecule has 0 fully saturated rings. The fourth-order valence-corrected chi connectivity index (χ4v) is 158. The number of hydrogen-bond acceptors (Lipinski definition) is 0. The van der Waals surface area contributed by atoms with Gasteiger partial charge in [-0.15, -0.1) is 0 Å². The molecule has 0 bridgehead atoms. The Labute approximate surface area is 194 Å². The van der Waals surface area contributed by atoms with E-state index >= 15 is 0 Å². The van der Waals surface area contributed by atoms with E-state index in [-0.39, 0.29) is 0 Å². The molecule has 0 aromatic rings. The van der Waals surface area contributed by atoms with E-state index in [1.807, 2.05) is 0 Å². The predicted molar refractivity (Wildman–Crippen MR) is 155 cm³/mol. The van der Waals surface area contributed by atoms with Gasteiger partial charge < -0.3 is 0 Å². The normalized spacial score (nSPS) is 20.6. The summed E-state index contributed by atoms with van der Waals surface area (Å²) in [6.07, 6.45) is 29.0. The predicted octanol–water partition coefficient (Wildman–Crippen LogP) is 9.10. The van der Waals surface area contributed by atoms with Gasteiger partial charge in [-0.2, -0.15) is 0 Å². The zero-order valence-corrected chi connectivity index (χ0v) is 26.8. The molecule has 0 unspecified atom stereocenters. The zero-order valence-electron chi connectivity index (χ0n) is 22.0. The van der Waals surface area contributed by atoms with Crippen molar-refractivity contribution in [1.29, 1.82) is 0 Å². The van der Waals surface area contributed by atoms with Gasteiger partial charge in [0, 0.05) is 0 Å². The monoisotopic (exact) mass is 564 g/mol. The number of rotatable bonds is 13. The molecule has 0 saturated carbocycles. The fraction of sp³-hybridized carbons (Fsp3) is 0.769. The summed E-state index contributed by atoms with van der Waals surface area (Å²) in [5, 5.41) is 0. The number of hydrogen-bond donors (Lipinski definition) is 0. The average molecular weight is 564 g/mol. The summed E-state index contributed by atoms with van der Waals surface area (Å²) in [7, 11) is 0. The standard InChI is InChI=1S/C8H9.3C6H15P.Ru/c1-2-4-6-8-7-5-3-1;3*1-4-7(5-2)6-3;/h1-5H,6,8H2;3*4-6H2,1-3H3;/q;;;;-3/p+3. The molecule has 184 valence electrons. The summed E-state index contributed by atoms with van der Waals surface area (Å²) in [6.45, 7) is 23.8. The van der Waals surface area contributed by atoms with Gasteiger partial charge in [-0.25, -0.2) is 0 Å². The van der Waals surface area contributed by atoms with E-state index in [4.69, 9.17) is 0 Å². The Kier molecular flexibility index (Phi) is 12.8. The third-order valence-corrected chi connectivity index (χ3v) is 111. The second kappa shape index (κ2) is 13.1. The Balaban J connectivity index is 4.31. The van der Waals surface area contributed by atoms with Gasteiger partial charge in [0.15, 0.2) is 0 Å². The van der Waals surface area contributed by atoms with Gasteiger partial charge in [0.1, 0.15) is 0 Å². The van der Waals surface area contributed by atoms with E-state index in [0.717, 1.165) is 0 Å². The van der Waals surface area contributed by atoms with Crippen LogP contribution < -0.4 is 0 Å². The Hall–Kier alpha value is 1.13. The Morgan fingerprint density at radius 1 is 0.567 bits per heavy atom. The average Bonchev–Trinajstić information content (AvgIpc) is 2.77. The first-order chi connectivity index (χ1) is 14.4. The summed E-state index contributed by atoms with van der Waals surface area (Å²) in [5.41, 5.74) is -4.06. The van der Waals surface area contributed by atoms with Gasteiger partial charge in [0.25, 0.3) is 0 Å². The molecule has 1 aliphatic carbocycles. The van der Waals surface area contributed by atoms with Crippen molar-refractivity contribution < 1.29 is 13.3 Å². The van der Waals surface area contributed by atoms with Crippen molar-refractivity contribution in [2.75, 3.05) is 55.5 Å². The third kappa shape index (κ3) is 4.56. The van der Waals surface area contributed by atoms with Crippen molar-refractivity contribution in [2.45, 2.75) is 75.2 Å². The van der Waals surface area contributed by atoms with Gasteiger partial charge in [-0.1, -0.05) is 0 Å². The van der Waals surface area contributed by atoms with Crippen LogP contribution >= 0.6 is 16.8 Å². The van der Waals surface area contributed by atoms with Crippen molar-refractivity contribution in [2.24, 2.45) is 0 Å². The summed E-state index contributed by atoms with van der Waals surface area (Å²) < 4.78 is 2.12. The Bertz CT molecular complexity index is 518. The third-order valence-electron chi connectivity index (χ3n) is 8.83. The topological polar surface area (TPSA) is 0 Å². The van der Waals surface area contributed by atoms with Crippen LogP contribution in [0.25, 0.3) is 0 Å². The molecule has 1 rings (SSSR count). The van der Waals surface area contributed by atoms with Crippen LogP contribution in [0, 0.1) is 0 Å². The summed E-state index contributed by atoms with van der Waals surface area (Å²) in [4.78, 5) is 0. The molecule has 0 spiro atoms. The molecule has 0 saturated heterocycles. The molecule has 0 aliphatic heterocycles. The molecular formula is C26H57P3Ru. The fourth-order valence-electron chi connectivity index (χ4n) is 6.77. The van der Waals surface area contributed by atoms with Crippen LogP contribution in [0.3, 0.4) is 0 Å². The number of allylic oxidation sites excluding steroid dienone is 6. The van der Waals surface area contributed by atoms with Crippen LogP contribution in [0.2, 0.25) is 0 Å². The van der Waals surface area contributed by atoms with E-state index in [2.05, 4.69) is 96.9 Å². The maximum absolute atomic E-state index is 2.75. The molecule has 0 N–H and O–H groups in total. The first-order valence-corrected chi connectivity index (χ1v) is 29.3. The van der Waals surface area contributed by atoms with Crippen molar-refractivity contribution in [3.63, 3.8) is 0 Å². The summed E-state index contributed by atoms with van der Waals surface area (Å²) in [6, 6.07) is 0. The SMILES string of the molecule is CC[PH](CC)(CC)[Ru]([C]1=CC=CC=CCC1)([PH](CC)(CC)CC)[PH](CC)(CC)CC. The van der Waals surface area contributed by atoms with Crippen LogP contribution in [0.5, 0.6) is 0 Å². The molecular weight excluding hydrogens is 506 g/mol. The summed E-state index contributed by atoms with van der Waals surface area (Å²) in [5.74, 6) is 0. The van der Waals surface area contributed by atoms with Gasteiger partial charge in [-0.05, 0) is 0 Å². The maximum atomic E-state index is 2.75. The molecule has 1 aliphatic rings. The van der Waals surface area contributed by atoms with Crippen molar-refractivity contribution in [1.82, 2.24) is 0 Å². The van der Waals surface area contributed by atoms with Crippen LogP contribution in [-0.2, 0) is 13.3 Å². The minimum atomic E-state index is -2.10. The molecule has 0 radical (unpaired) electrons. The van der Waals surface area contributed by atoms with Crippen LogP contribution in [0.15, 0.2) is 34.5 Å². The quantitative estimate of drug-likeness (QED) is 0.155. The molecule has 0 aromatic heterocycles. The molecule has 0 amide bonds. The molecule has 30 heavy (non-hydrogen) atoms. The van der Waals surface area contributed by atoms with Crippen molar-refractivity contribution in [3.05, 3.63) is 34.5 Å². The second-order valence-electron chi connectivity index (χ2n) is 9.04. The molecule has 0 atom stereocenters. The minimum absolute atomic E-state index is 1.28. The Morgan fingerprint density at radius 2 is 0.933 bits per heavy atom. The molecule has 0 heterocycles. The van der Waals surface area contributed by atoms with Gasteiger partial charge in [0.2, 0.25) is 0 Å². The van der Waals surface area contributed by atoms with Crippen LogP contribution in [0.1, 0.15) is 75.2 Å². The van der Waals surface area contributed by atoms with E-state index in [1.54, 1.807) is 55.5 Å². The van der Waals surface area contributed by atoms with E-state index < -0.39 is 30.1 Å². The Morgan fingerprint density at radius 3 is 1.27 bits per heavy atom. The van der Waals surface area contributed by atoms with E-state index in [9.17, 15) is 0 Å². The first kappa shape index (κ1) is 29.2. The first-order valence-electron chi connectivity index (χ1n) is 13.1. The second-order valence-corrected chi connectivity index (χ2v) is 58.2. The van der Waals surface area contributed by atoms with Crippen LogP contribution in [-0.4, -0.2) is 55.5 Å². The van der Waals surface area contributed by atoms with Crippen molar-refractivity contribution >= 4 is 16.8 Å². The summed E-state index contributed by atoms with van der Waals surface area (Å²) >= 11 is -2.10. The zero-order chi connectivity index (χ0) is 22.9. The molecule has 0 aromatic carbocycles. The van der Waals surface area contributed by atoms with Gasteiger partial charge in [0.05, 0.1) is 0 Å². The van der Waals surface area contributed by atoms with E-state index in [0.29, 0.717) is 0 Å². The van der Waals surface area contributed by atoms with Gasteiger partial charge in [-0.3, -0.25) is 0 Å². The van der Waals surface area contributed by atoms with Crippen LogP contribution in [0.4, 0.5) is 0 Å². The van der Waals surface area contributed by atoms with E-state index in [1.165, 1.54) is 12.8 Å². The molecule has 0 nitrogen and oxygen atoms in total. The van der Waals surface area contributed by atoms with Gasteiger partial charge >= 0.3 is 195 Å².